The zero-order valence-electron chi connectivity index (χ0n) is 17.7. The minimum absolute atomic E-state index is 0.207. The molecule has 0 amide bonds. The molecule has 2 aliphatic heterocycles. The van der Waals surface area contributed by atoms with Crippen LogP contribution in [0.2, 0.25) is 0 Å². The normalized spacial score (nSPS) is 43.5. The number of fused-ring (bicyclic) bond motifs is 2. The molecule has 30 heavy (non-hydrogen) atoms. The van der Waals surface area contributed by atoms with E-state index in [2.05, 4.69) is 0 Å². The first-order valence-electron chi connectivity index (χ1n) is 9.98. The molecule has 9 heteroatoms. The molecule has 2 aliphatic carbocycles. The van der Waals surface area contributed by atoms with Crippen molar-refractivity contribution in [1.29, 1.82) is 0 Å². The lowest BCUT2D eigenvalue weighted by Gasteiger charge is -2.58. The van der Waals surface area contributed by atoms with Gasteiger partial charge in [-0.3, -0.25) is 19.2 Å². The standard InChI is InChI=1S/C21H26O9/c1-10-6-15-20(8-26-11(2)22,18(16(10)25)29-13(4)24)19(5)7-14(28-12(3)23)17(30-15)21(19)9-27-21/h6,14-15,17-18H,7-9H2,1-5H3/t14-,15-,17-,18-,19-,20-,21+/m1/s1. The minimum Gasteiger partial charge on any atom is -0.465 e. The van der Waals surface area contributed by atoms with Gasteiger partial charge < -0.3 is 23.7 Å². The Morgan fingerprint density at radius 2 is 1.77 bits per heavy atom. The molecule has 9 nitrogen and oxygen atoms in total. The van der Waals surface area contributed by atoms with Crippen LogP contribution in [0.1, 0.15) is 41.0 Å². The van der Waals surface area contributed by atoms with Crippen molar-refractivity contribution in [2.24, 2.45) is 10.8 Å². The summed E-state index contributed by atoms with van der Waals surface area (Å²) in [5, 5.41) is 0. The van der Waals surface area contributed by atoms with Crippen molar-refractivity contribution in [1.82, 2.24) is 0 Å². The highest BCUT2D eigenvalue weighted by Gasteiger charge is 2.84. The third kappa shape index (κ3) is 2.61. The Hall–Kier alpha value is -2.26. The molecule has 2 bridgehead atoms. The summed E-state index contributed by atoms with van der Waals surface area (Å²) in [5.41, 5.74) is -2.51. The van der Waals surface area contributed by atoms with Gasteiger partial charge in [-0.25, -0.2) is 0 Å². The smallest absolute Gasteiger partial charge is 0.303 e. The summed E-state index contributed by atoms with van der Waals surface area (Å²) in [5.74, 6) is -1.99. The van der Waals surface area contributed by atoms with Gasteiger partial charge in [-0.1, -0.05) is 6.92 Å². The number of esters is 3. The highest BCUT2D eigenvalue weighted by Crippen LogP contribution is 2.71. The van der Waals surface area contributed by atoms with Crippen LogP contribution in [0.4, 0.5) is 0 Å². The van der Waals surface area contributed by atoms with Crippen molar-refractivity contribution in [2.75, 3.05) is 13.2 Å². The molecule has 3 fully saturated rings. The van der Waals surface area contributed by atoms with Crippen LogP contribution < -0.4 is 0 Å². The van der Waals surface area contributed by atoms with E-state index in [1.54, 1.807) is 13.0 Å². The summed E-state index contributed by atoms with van der Waals surface area (Å²) >= 11 is 0. The predicted molar refractivity (Wildman–Crippen MR) is 99.0 cm³/mol. The fourth-order valence-electron chi connectivity index (χ4n) is 5.79. The van der Waals surface area contributed by atoms with E-state index < -0.39 is 58.8 Å². The molecule has 1 spiro atoms. The number of carbonyl (C=O) groups excluding carboxylic acids is 4. The minimum atomic E-state index is -1.23. The fourth-order valence-corrected chi connectivity index (χ4v) is 5.79. The fraction of sp³-hybridized carbons (Fsp3) is 0.714. The first-order valence-corrected chi connectivity index (χ1v) is 9.98. The van der Waals surface area contributed by atoms with Crippen molar-refractivity contribution in [3.63, 3.8) is 0 Å². The molecule has 2 saturated heterocycles. The zero-order chi connectivity index (χ0) is 22.1. The lowest BCUT2D eigenvalue weighted by molar-refractivity contribution is -0.252. The predicted octanol–water partition coefficient (Wildman–Crippen LogP) is 0.875. The first kappa shape index (κ1) is 21.0. The van der Waals surface area contributed by atoms with Crippen molar-refractivity contribution < 1.29 is 42.9 Å². The van der Waals surface area contributed by atoms with Crippen molar-refractivity contribution >= 4 is 23.7 Å². The van der Waals surface area contributed by atoms with Crippen LogP contribution in [0, 0.1) is 10.8 Å². The molecule has 4 rings (SSSR count). The van der Waals surface area contributed by atoms with E-state index in [0.29, 0.717) is 18.6 Å². The van der Waals surface area contributed by atoms with Crippen LogP contribution in [-0.4, -0.2) is 66.9 Å². The third-order valence-electron chi connectivity index (χ3n) is 7.24. The van der Waals surface area contributed by atoms with Gasteiger partial charge in [0.1, 0.15) is 24.4 Å². The van der Waals surface area contributed by atoms with Gasteiger partial charge >= 0.3 is 17.9 Å². The van der Waals surface area contributed by atoms with E-state index in [1.807, 2.05) is 6.92 Å². The molecular weight excluding hydrogens is 396 g/mol. The molecule has 0 unspecified atom stereocenters. The molecule has 0 radical (unpaired) electrons. The van der Waals surface area contributed by atoms with Gasteiger partial charge in [-0.05, 0) is 25.0 Å². The third-order valence-corrected chi connectivity index (χ3v) is 7.24. The number of epoxide rings is 1. The Kier molecular flexibility index (Phi) is 4.63. The van der Waals surface area contributed by atoms with Crippen molar-refractivity contribution in [3.8, 4) is 0 Å². The molecule has 0 aromatic carbocycles. The average molecular weight is 422 g/mol. The van der Waals surface area contributed by atoms with Crippen LogP contribution in [0.25, 0.3) is 0 Å². The Morgan fingerprint density at radius 3 is 2.30 bits per heavy atom. The summed E-state index contributed by atoms with van der Waals surface area (Å²) in [6.45, 7) is 7.49. The Balaban J connectivity index is 1.90. The van der Waals surface area contributed by atoms with E-state index in [-0.39, 0.29) is 12.4 Å². The maximum Gasteiger partial charge on any atom is 0.303 e. The van der Waals surface area contributed by atoms with Gasteiger partial charge in [0.2, 0.25) is 0 Å². The molecule has 7 atom stereocenters. The Morgan fingerprint density at radius 1 is 1.13 bits per heavy atom. The van der Waals surface area contributed by atoms with E-state index in [1.165, 1.54) is 20.8 Å². The summed E-state index contributed by atoms with van der Waals surface area (Å²) < 4.78 is 28.8. The van der Waals surface area contributed by atoms with Gasteiger partial charge in [-0.2, -0.15) is 0 Å². The van der Waals surface area contributed by atoms with Gasteiger partial charge in [0.25, 0.3) is 0 Å². The van der Waals surface area contributed by atoms with Crippen molar-refractivity contribution in [3.05, 3.63) is 11.6 Å². The molecule has 164 valence electrons. The maximum atomic E-state index is 13.2. The van der Waals surface area contributed by atoms with E-state index in [9.17, 15) is 19.2 Å². The highest BCUT2D eigenvalue weighted by molar-refractivity contribution is 6.01. The number of hydrogen-bond acceptors (Lipinski definition) is 9. The van der Waals surface area contributed by atoms with Crippen LogP contribution in [-0.2, 0) is 42.9 Å². The van der Waals surface area contributed by atoms with Crippen LogP contribution >= 0.6 is 0 Å². The van der Waals surface area contributed by atoms with E-state index in [0.717, 1.165) is 0 Å². The lowest BCUT2D eigenvalue weighted by atomic mass is 9.50. The van der Waals surface area contributed by atoms with E-state index in [4.69, 9.17) is 23.7 Å². The molecule has 4 aliphatic rings. The number of ether oxygens (including phenoxy) is 5. The Labute approximate surface area is 174 Å². The number of carbonyl (C=O) groups is 4. The average Bonchev–Trinajstić information content (AvgIpc) is 3.40. The largest absolute Gasteiger partial charge is 0.465 e. The van der Waals surface area contributed by atoms with Crippen LogP contribution in [0.15, 0.2) is 11.6 Å². The van der Waals surface area contributed by atoms with Crippen LogP contribution in [0.5, 0.6) is 0 Å². The van der Waals surface area contributed by atoms with Crippen LogP contribution in [0.3, 0.4) is 0 Å². The maximum absolute atomic E-state index is 13.2. The summed E-state index contributed by atoms with van der Waals surface area (Å²) in [6, 6.07) is 0. The Bertz CT molecular complexity index is 857. The molecular formula is C21H26O9. The van der Waals surface area contributed by atoms with Gasteiger partial charge in [-0.15, -0.1) is 0 Å². The second-order valence-electron chi connectivity index (χ2n) is 8.86. The SMILES string of the molecule is CC(=O)OC[C@]12[C@H](OC(C)=O)C(=O)C(C)=C[C@H]1O[C@@H]1[C@H](OC(C)=O)C[C@@]2(C)[C@]12CO2. The molecule has 0 aromatic heterocycles. The van der Waals surface area contributed by atoms with E-state index >= 15 is 0 Å². The second kappa shape index (κ2) is 6.62. The topological polar surface area (TPSA) is 118 Å². The quantitative estimate of drug-likeness (QED) is 0.369. The monoisotopic (exact) mass is 422 g/mol. The second-order valence-corrected chi connectivity index (χ2v) is 8.86. The van der Waals surface area contributed by atoms with Gasteiger partial charge in [0, 0.05) is 26.2 Å². The number of rotatable bonds is 4. The number of ketones is 1. The van der Waals surface area contributed by atoms with Gasteiger partial charge in [0.15, 0.2) is 11.9 Å². The summed E-state index contributed by atoms with van der Waals surface area (Å²) in [6.07, 6.45) is -1.08. The number of hydrogen-bond donors (Lipinski definition) is 0. The zero-order valence-corrected chi connectivity index (χ0v) is 17.7. The summed E-state index contributed by atoms with van der Waals surface area (Å²) in [4.78, 5) is 48.7. The van der Waals surface area contributed by atoms with Crippen molar-refractivity contribution in [2.45, 2.75) is 71.1 Å². The number of Topliss-reactive ketones (excluding diaryl/α,β-unsaturated/α-hetero) is 1. The molecule has 0 N–H and O–H groups in total. The first-order chi connectivity index (χ1) is 14.0. The van der Waals surface area contributed by atoms with Gasteiger partial charge in [0.05, 0.1) is 18.1 Å². The molecule has 0 aromatic rings. The molecule has 2 heterocycles. The lowest BCUT2D eigenvalue weighted by Crippen LogP contribution is -2.71. The highest BCUT2D eigenvalue weighted by atomic mass is 16.7. The summed E-state index contributed by atoms with van der Waals surface area (Å²) in [7, 11) is 0. The molecule has 1 saturated carbocycles.